The van der Waals surface area contributed by atoms with Crippen molar-refractivity contribution in [3.63, 3.8) is 0 Å². The van der Waals surface area contributed by atoms with Gasteiger partial charge in [0.15, 0.2) is 6.61 Å². The van der Waals surface area contributed by atoms with Gasteiger partial charge in [0, 0.05) is 6.42 Å². The Balaban J connectivity index is 2.46. The van der Waals surface area contributed by atoms with Gasteiger partial charge in [0.1, 0.15) is 17.1 Å². The zero-order chi connectivity index (χ0) is 14.5. The zero-order valence-electron chi connectivity index (χ0n) is 11.9. The van der Waals surface area contributed by atoms with Gasteiger partial charge in [-0.15, -0.1) is 0 Å². The second-order valence-electron chi connectivity index (χ2n) is 5.40. The van der Waals surface area contributed by atoms with Crippen LogP contribution >= 0.6 is 0 Å². The highest BCUT2D eigenvalue weighted by Crippen LogP contribution is 2.13. The van der Waals surface area contributed by atoms with Gasteiger partial charge in [-0.3, -0.25) is 4.79 Å². The average molecular weight is 264 g/mol. The van der Waals surface area contributed by atoms with Crippen LogP contribution in [0, 0.1) is 0 Å². The molecule has 4 nitrogen and oxygen atoms in total. The summed E-state index contributed by atoms with van der Waals surface area (Å²) in [7, 11) is 0. The van der Waals surface area contributed by atoms with Crippen LogP contribution in [-0.4, -0.2) is 24.0 Å². The summed E-state index contributed by atoms with van der Waals surface area (Å²) >= 11 is 0. The molecule has 0 saturated heterocycles. The summed E-state index contributed by atoms with van der Waals surface area (Å²) in [6.07, 6.45) is 0.409. The number of benzene rings is 1. The van der Waals surface area contributed by atoms with Gasteiger partial charge in [-0.05, 0) is 45.4 Å². The van der Waals surface area contributed by atoms with Crippen LogP contribution in [0.5, 0.6) is 5.75 Å². The van der Waals surface area contributed by atoms with Crippen molar-refractivity contribution >= 4 is 11.8 Å². The molecule has 0 heterocycles. The molecule has 19 heavy (non-hydrogen) atoms. The number of ketones is 1. The average Bonchev–Trinajstić information content (AvgIpc) is 2.25. The topological polar surface area (TPSA) is 52.6 Å². The molecule has 1 rings (SSSR count). The van der Waals surface area contributed by atoms with Gasteiger partial charge < -0.3 is 9.47 Å². The van der Waals surface area contributed by atoms with Crippen LogP contribution in [-0.2, 0) is 20.7 Å². The first kappa shape index (κ1) is 15.2. The maximum atomic E-state index is 11.5. The molecule has 0 unspecified atom stereocenters. The highest BCUT2D eigenvalue weighted by molar-refractivity contribution is 5.78. The van der Waals surface area contributed by atoms with Gasteiger partial charge in [0.2, 0.25) is 0 Å². The summed E-state index contributed by atoms with van der Waals surface area (Å²) < 4.78 is 10.4. The summed E-state index contributed by atoms with van der Waals surface area (Å²) in [4.78, 5) is 22.4. The fourth-order valence-corrected chi connectivity index (χ4v) is 1.50. The van der Waals surface area contributed by atoms with Gasteiger partial charge in [-0.25, -0.2) is 4.79 Å². The summed E-state index contributed by atoms with van der Waals surface area (Å²) in [6, 6.07) is 7.10. The van der Waals surface area contributed by atoms with E-state index in [2.05, 4.69) is 0 Å². The number of rotatable bonds is 5. The van der Waals surface area contributed by atoms with Gasteiger partial charge in [0.25, 0.3) is 0 Å². The third kappa shape index (κ3) is 6.60. The van der Waals surface area contributed by atoms with Crippen molar-refractivity contribution in [2.45, 2.75) is 39.7 Å². The molecule has 0 radical (unpaired) electrons. The first-order valence-corrected chi connectivity index (χ1v) is 6.19. The Hall–Kier alpha value is -1.84. The first-order valence-electron chi connectivity index (χ1n) is 6.19. The third-order valence-corrected chi connectivity index (χ3v) is 2.15. The largest absolute Gasteiger partial charge is 0.482 e. The monoisotopic (exact) mass is 264 g/mol. The number of carbonyl (C=O) groups is 2. The summed E-state index contributed by atoms with van der Waals surface area (Å²) in [5.74, 6) is 0.292. The molecule has 0 N–H and O–H groups in total. The summed E-state index contributed by atoms with van der Waals surface area (Å²) in [6.45, 7) is 6.85. The molecule has 1 aromatic rings. The minimum absolute atomic E-state index is 0.113. The van der Waals surface area contributed by atoms with E-state index in [9.17, 15) is 9.59 Å². The van der Waals surface area contributed by atoms with Gasteiger partial charge in [-0.2, -0.15) is 0 Å². The normalized spacial score (nSPS) is 10.9. The molecular weight excluding hydrogens is 244 g/mol. The number of hydrogen-bond donors (Lipinski definition) is 0. The quantitative estimate of drug-likeness (QED) is 0.767. The number of hydrogen-bond acceptors (Lipinski definition) is 4. The lowest BCUT2D eigenvalue weighted by atomic mass is 10.1. The highest BCUT2D eigenvalue weighted by atomic mass is 16.6. The molecule has 1 aromatic carbocycles. The van der Waals surface area contributed by atoms with E-state index in [1.54, 1.807) is 39.8 Å². The number of Topliss-reactive ketones (excluding diaryl/α,β-unsaturated/α-hetero) is 1. The van der Waals surface area contributed by atoms with E-state index in [0.29, 0.717) is 12.2 Å². The standard InChI is InChI=1S/C15H20O4/c1-11(16)9-12-5-7-13(8-6-12)18-10-14(17)19-15(2,3)4/h5-8H,9-10H2,1-4H3. The Bertz CT molecular complexity index is 440. The first-order chi connectivity index (χ1) is 8.76. The fraction of sp³-hybridized carbons (Fsp3) is 0.467. The van der Waals surface area contributed by atoms with Crippen molar-refractivity contribution in [2.24, 2.45) is 0 Å². The van der Waals surface area contributed by atoms with Crippen LogP contribution in [0.15, 0.2) is 24.3 Å². The van der Waals surface area contributed by atoms with Crippen molar-refractivity contribution in [2.75, 3.05) is 6.61 Å². The van der Waals surface area contributed by atoms with Crippen LogP contribution < -0.4 is 4.74 Å². The highest BCUT2D eigenvalue weighted by Gasteiger charge is 2.16. The van der Waals surface area contributed by atoms with Crippen molar-refractivity contribution < 1.29 is 19.1 Å². The van der Waals surface area contributed by atoms with E-state index in [0.717, 1.165) is 5.56 Å². The molecule has 0 aliphatic rings. The van der Waals surface area contributed by atoms with Crippen LogP contribution in [0.1, 0.15) is 33.3 Å². The van der Waals surface area contributed by atoms with E-state index in [1.807, 2.05) is 12.1 Å². The zero-order valence-corrected chi connectivity index (χ0v) is 11.9. The predicted octanol–water partition coefficient (Wildman–Crippen LogP) is 2.54. The fourth-order valence-electron chi connectivity index (χ4n) is 1.50. The SMILES string of the molecule is CC(=O)Cc1ccc(OCC(=O)OC(C)(C)C)cc1. The predicted molar refractivity (Wildman–Crippen MR) is 72.2 cm³/mol. The lowest BCUT2D eigenvalue weighted by Gasteiger charge is -2.19. The van der Waals surface area contributed by atoms with Crippen LogP contribution in [0.2, 0.25) is 0 Å². The van der Waals surface area contributed by atoms with E-state index in [1.165, 1.54) is 0 Å². The molecule has 4 heteroatoms. The second kappa shape index (κ2) is 6.36. The molecule has 0 aliphatic carbocycles. The Morgan fingerprint density at radius 2 is 1.68 bits per heavy atom. The van der Waals surface area contributed by atoms with E-state index in [-0.39, 0.29) is 12.4 Å². The molecular formula is C15H20O4. The summed E-state index contributed by atoms with van der Waals surface area (Å²) in [5.41, 5.74) is 0.420. The van der Waals surface area contributed by atoms with E-state index >= 15 is 0 Å². The third-order valence-electron chi connectivity index (χ3n) is 2.15. The maximum absolute atomic E-state index is 11.5. The Kier molecular flexibility index (Phi) is 5.10. The van der Waals surface area contributed by atoms with Crippen molar-refractivity contribution in [1.82, 2.24) is 0 Å². The van der Waals surface area contributed by atoms with Crippen LogP contribution in [0.25, 0.3) is 0 Å². The lowest BCUT2D eigenvalue weighted by molar-refractivity contribution is -0.157. The van der Waals surface area contributed by atoms with Gasteiger partial charge >= 0.3 is 5.97 Å². The van der Waals surface area contributed by atoms with E-state index in [4.69, 9.17) is 9.47 Å². The molecule has 0 spiro atoms. The number of carbonyl (C=O) groups excluding carboxylic acids is 2. The molecule has 104 valence electrons. The Morgan fingerprint density at radius 3 is 2.16 bits per heavy atom. The molecule has 0 atom stereocenters. The van der Waals surface area contributed by atoms with Crippen molar-refractivity contribution in [3.05, 3.63) is 29.8 Å². The van der Waals surface area contributed by atoms with Gasteiger partial charge in [0.05, 0.1) is 0 Å². The molecule has 0 aliphatic heterocycles. The minimum atomic E-state index is -0.508. The van der Waals surface area contributed by atoms with E-state index < -0.39 is 11.6 Å². The smallest absolute Gasteiger partial charge is 0.344 e. The minimum Gasteiger partial charge on any atom is -0.482 e. The molecule has 0 saturated carbocycles. The number of esters is 1. The maximum Gasteiger partial charge on any atom is 0.344 e. The Labute approximate surface area is 113 Å². The Morgan fingerprint density at radius 1 is 1.11 bits per heavy atom. The molecule has 0 amide bonds. The van der Waals surface area contributed by atoms with Crippen LogP contribution in [0.3, 0.4) is 0 Å². The number of ether oxygens (including phenoxy) is 2. The van der Waals surface area contributed by atoms with Crippen molar-refractivity contribution in [1.29, 1.82) is 0 Å². The molecule has 0 bridgehead atoms. The molecule has 0 aromatic heterocycles. The van der Waals surface area contributed by atoms with Crippen molar-refractivity contribution in [3.8, 4) is 5.75 Å². The lowest BCUT2D eigenvalue weighted by Crippen LogP contribution is -2.27. The second-order valence-corrected chi connectivity index (χ2v) is 5.40. The molecule has 0 fully saturated rings. The summed E-state index contributed by atoms with van der Waals surface area (Å²) in [5, 5.41) is 0. The van der Waals surface area contributed by atoms with Gasteiger partial charge in [-0.1, -0.05) is 12.1 Å². The van der Waals surface area contributed by atoms with Crippen LogP contribution in [0.4, 0.5) is 0 Å².